The van der Waals surface area contributed by atoms with Crippen molar-refractivity contribution in [2.45, 2.75) is 68.4 Å². The van der Waals surface area contributed by atoms with Gasteiger partial charge >= 0.3 is 24.6 Å². The summed E-state index contributed by atoms with van der Waals surface area (Å²) in [5.41, 5.74) is 0.0176. The van der Waals surface area contributed by atoms with Gasteiger partial charge in [0.05, 0.1) is 45.5 Å². The van der Waals surface area contributed by atoms with E-state index in [1.165, 1.54) is 13.2 Å². The van der Waals surface area contributed by atoms with Crippen LogP contribution in [0.3, 0.4) is 0 Å². The minimum atomic E-state index is -5.13. The van der Waals surface area contributed by atoms with Crippen LogP contribution in [-0.2, 0) is 40.5 Å². The second-order valence-electron chi connectivity index (χ2n) is 10.6. The fraction of sp³-hybridized carbons (Fsp3) is 0.414. The van der Waals surface area contributed by atoms with Crippen LogP contribution in [0.15, 0.2) is 47.8 Å². The van der Waals surface area contributed by atoms with E-state index in [1.807, 2.05) is 0 Å². The van der Waals surface area contributed by atoms with E-state index in [1.54, 1.807) is 6.92 Å². The van der Waals surface area contributed by atoms with E-state index in [-0.39, 0.29) is 53.2 Å². The van der Waals surface area contributed by atoms with Gasteiger partial charge in [0.15, 0.2) is 0 Å². The zero-order valence-corrected chi connectivity index (χ0v) is 25.2. The molecule has 2 heterocycles. The number of nitrogens with two attached hydrogens (primary N) is 1. The van der Waals surface area contributed by atoms with E-state index in [2.05, 4.69) is 9.97 Å². The molecule has 0 fully saturated rings. The first-order valence-corrected chi connectivity index (χ1v) is 15.2. The number of hydrogen-bond acceptors (Lipinski definition) is 6. The number of carbonyl (C=O) groups excluding carboxylic acids is 1. The Morgan fingerprint density at radius 3 is 2.07 bits per heavy atom. The Balaban J connectivity index is 2.00. The van der Waals surface area contributed by atoms with Gasteiger partial charge in [0, 0.05) is 24.8 Å². The van der Waals surface area contributed by atoms with Crippen LogP contribution in [0, 0.1) is 0 Å². The summed E-state index contributed by atoms with van der Waals surface area (Å²) >= 11 is 0. The highest BCUT2D eigenvalue weighted by molar-refractivity contribution is 7.84. The normalized spacial score (nSPS) is 19.5. The molecule has 3 atom stereocenters. The first-order chi connectivity index (χ1) is 21.2. The minimum Gasteiger partial charge on any atom is -0.449 e. The molecule has 0 spiro atoms. The van der Waals surface area contributed by atoms with Gasteiger partial charge in [-0.05, 0) is 72.9 Å². The monoisotopic (exact) mass is 682 g/mol. The predicted molar refractivity (Wildman–Crippen MR) is 148 cm³/mol. The van der Waals surface area contributed by atoms with Crippen LogP contribution in [0.4, 0.5) is 50.0 Å². The summed E-state index contributed by atoms with van der Waals surface area (Å²) in [4.78, 5) is 22.4. The third-order valence-corrected chi connectivity index (χ3v) is 8.25. The number of carbonyl (C=O) groups is 1. The first-order valence-electron chi connectivity index (χ1n) is 13.6. The maximum atomic E-state index is 13.9. The number of amides is 1. The number of fused-ring (bicyclic) bond motifs is 1. The Bertz CT molecular complexity index is 1630. The molecule has 1 aliphatic heterocycles. The summed E-state index contributed by atoms with van der Waals surface area (Å²) < 4.78 is 141. The molecular formula is C29H27F9N4O3S. The predicted octanol–water partition coefficient (Wildman–Crippen LogP) is 7.42. The highest BCUT2D eigenvalue weighted by Gasteiger charge is 2.47. The average Bonchev–Trinajstić information content (AvgIpc) is 2.95. The van der Waals surface area contributed by atoms with Gasteiger partial charge < -0.3 is 10.5 Å². The lowest BCUT2D eigenvalue weighted by molar-refractivity contribution is -0.143. The van der Waals surface area contributed by atoms with E-state index < -0.39 is 75.7 Å². The molecular weight excluding hydrogens is 655 g/mol. The van der Waals surface area contributed by atoms with Gasteiger partial charge in [-0.2, -0.15) is 39.5 Å². The van der Waals surface area contributed by atoms with Gasteiger partial charge in [-0.1, -0.05) is 6.92 Å². The third-order valence-electron chi connectivity index (χ3n) is 7.54. The molecule has 0 bridgehead atoms. The van der Waals surface area contributed by atoms with Crippen molar-refractivity contribution < 1.29 is 53.3 Å². The van der Waals surface area contributed by atoms with Gasteiger partial charge in [0.2, 0.25) is 5.16 Å². The summed E-state index contributed by atoms with van der Waals surface area (Å²) in [5.74, 6) is -1.21. The van der Waals surface area contributed by atoms with E-state index in [4.69, 9.17) is 10.5 Å². The highest BCUT2D eigenvalue weighted by atomic mass is 32.2. The maximum absolute atomic E-state index is 13.9. The highest BCUT2D eigenvalue weighted by Crippen LogP contribution is 2.48. The fourth-order valence-corrected chi connectivity index (χ4v) is 5.77. The molecule has 2 aromatic carbocycles. The molecule has 46 heavy (non-hydrogen) atoms. The van der Waals surface area contributed by atoms with E-state index >= 15 is 0 Å². The number of hydrogen-bond donors (Lipinski definition) is 1. The number of ether oxygens (including phenoxy) is 1. The molecule has 3 aromatic rings. The second-order valence-corrected chi connectivity index (χ2v) is 11.9. The number of benzene rings is 2. The van der Waals surface area contributed by atoms with Crippen LogP contribution in [0.1, 0.15) is 71.7 Å². The lowest BCUT2D eigenvalue weighted by atomic mass is 9.77. The molecule has 4 rings (SSSR count). The number of rotatable bonds is 6. The van der Waals surface area contributed by atoms with Crippen LogP contribution in [0.2, 0.25) is 0 Å². The third kappa shape index (κ3) is 7.14. The Kier molecular flexibility index (Phi) is 9.52. The fourth-order valence-electron chi connectivity index (χ4n) is 5.34. The molecule has 1 amide bonds. The number of alkyl halides is 9. The van der Waals surface area contributed by atoms with E-state index in [0.717, 1.165) is 29.3 Å². The topological polar surface area (TPSA) is 98.4 Å². The molecule has 7 nitrogen and oxygen atoms in total. The first kappa shape index (κ1) is 35.1. The summed E-state index contributed by atoms with van der Waals surface area (Å²) in [6, 6.07) is 3.53. The summed E-state index contributed by atoms with van der Waals surface area (Å²) in [7, 11) is -1.86. The summed E-state index contributed by atoms with van der Waals surface area (Å²) in [6.45, 7) is 3.03. The Morgan fingerprint density at radius 1 is 0.978 bits per heavy atom. The maximum Gasteiger partial charge on any atom is 0.416 e. The molecule has 1 aromatic heterocycles. The lowest BCUT2D eigenvalue weighted by Gasteiger charge is -2.47. The van der Waals surface area contributed by atoms with Crippen LogP contribution >= 0.6 is 0 Å². The van der Waals surface area contributed by atoms with Gasteiger partial charge in [-0.15, -0.1) is 0 Å². The standard InChI is InChI=1S/C29H27F9N4O3S/c1-4-26(39)13-21(20-12-17(27(30,31)32)6-7-22(20)42(26)25(43)45-5-2)23-16(14-40-24(41-23)46(3)44)8-15-9-18(28(33,34)35)11-19(10-15)29(36,37)38/h6-7,9-12,14,21H,4-5,8,13,39H2,1-3H3/t21-,26+,46?/m0/s1. The zero-order chi connectivity index (χ0) is 34.4. The zero-order valence-electron chi connectivity index (χ0n) is 24.4. The molecule has 250 valence electrons. The summed E-state index contributed by atoms with van der Waals surface area (Å²) in [5, 5.41) is -0.292. The van der Waals surface area contributed by atoms with Gasteiger partial charge in [0.25, 0.3) is 0 Å². The Morgan fingerprint density at radius 2 is 1.57 bits per heavy atom. The van der Waals surface area contributed by atoms with Gasteiger partial charge in [-0.3, -0.25) is 9.11 Å². The van der Waals surface area contributed by atoms with Crippen molar-refractivity contribution in [3.05, 3.63) is 81.7 Å². The smallest absolute Gasteiger partial charge is 0.416 e. The van der Waals surface area contributed by atoms with Gasteiger partial charge in [0.1, 0.15) is 5.66 Å². The molecule has 1 aliphatic rings. The molecule has 2 N–H and O–H groups in total. The van der Waals surface area contributed by atoms with Crippen LogP contribution < -0.4 is 10.6 Å². The Labute approximate surface area is 259 Å². The van der Waals surface area contributed by atoms with Crippen molar-refractivity contribution in [2.24, 2.45) is 5.73 Å². The van der Waals surface area contributed by atoms with Crippen molar-refractivity contribution in [3.63, 3.8) is 0 Å². The van der Waals surface area contributed by atoms with E-state index in [0.29, 0.717) is 12.1 Å². The van der Waals surface area contributed by atoms with Gasteiger partial charge in [-0.25, -0.2) is 14.8 Å². The van der Waals surface area contributed by atoms with Crippen molar-refractivity contribution in [3.8, 4) is 0 Å². The lowest BCUT2D eigenvalue weighted by Crippen LogP contribution is -2.61. The van der Waals surface area contributed by atoms with Crippen LogP contribution in [0.5, 0.6) is 0 Å². The SMILES string of the molecule is CCOC(=O)N1c2ccc(C(F)(F)F)cc2[C@@H](c2nc(S(C)=O)ncc2Cc2cc(C(F)(F)F)cc(C(F)(F)F)c2)C[C@@]1(N)CC. The largest absolute Gasteiger partial charge is 0.449 e. The van der Waals surface area contributed by atoms with E-state index in [9.17, 15) is 48.5 Å². The number of nitrogens with zero attached hydrogens (tertiary/aromatic N) is 3. The van der Waals surface area contributed by atoms with Crippen molar-refractivity contribution in [2.75, 3.05) is 17.8 Å². The molecule has 0 saturated heterocycles. The second kappa shape index (κ2) is 12.5. The number of anilines is 1. The van der Waals surface area contributed by atoms with Crippen LogP contribution in [-0.4, -0.2) is 38.8 Å². The molecule has 0 aliphatic carbocycles. The van der Waals surface area contributed by atoms with Crippen molar-refractivity contribution in [1.82, 2.24) is 9.97 Å². The Hall–Kier alpha value is -3.73. The van der Waals surface area contributed by atoms with Crippen LogP contribution in [0.25, 0.3) is 0 Å². The molecule has 0 saturated carbocycles. The minimum absolute atomic E-state index is 0.0335. The average molecular weight is 683 g/mol. The number of halogens is 9. The quantitative estimate of drug-likeness (QED) is 0.215. The molecule has 17 heteroatoms. The summed E-state index contributed by atoms with van der Waals surface area (Å²) in [6.07, 6.45) is -14.7. The van der Waals surface area contributed by atoms with Crippen molar-refractivity contribution >= 4 is 22.6 Å². The molecule has 0 radical (unpaired) electrons. The molecule has 1 unspecified atom stereocenters. The number of aromatic nitrogens is 2. The van der Waals surface area contributed by atoms with Crippen molar-refractivity contribution in [1.29, 1.82) is 0 Å².